The number of nitrogens with zero attached hydrogens (tertiary/aromatic N) is 2. The summed E-state index contributed by atoms with van der Waals surface area (Å²) >= 11 is 7.93. The van der Waals surface area contributed by atoms with E-state index in [1.54, 1.807) is 0 Å². The van der Waals surface area contributed by atoms with Crippen molar-refractivity contribution in [3.63, 3.8) is 0 Å². The fraction of sp³-hybridized carbons (Fsp3) is 0.500. The van der Waals surface area contributed by atoms with E-state index in [9.17, 15) is 0 Å². The van der Waals surface area contributed by atoms with Crippen molar-refractivity contribution in [2.75, 3.05) is 5.75 Å². The number of thioether (sulfide) groups is 2. The fourth-order valence-electron chi connectivity index (χ4n) is 3.00. The molecule has 0 bridgehead atoms. The van der Waals surface area contributed by atoms with Crippen molar-refractivity contribution in [2.45, 2.75) is 48.5 Å². The Morgan fingerprint density at radius 2 is 2.17 bits per heavy atom. The monoisotopic (exact) mass is 410 g/mol. The number of imidazole rings is 1. The molecule has 1 saturated heterocycles. The quantitative estimate of drug-likeness (QED) is 0.614. The number of aryl methyl sites for hydroxylation is 1. The molecule has 1 aliphatic rings. The summed E-state index contributed by atoms with van der Waals surface area (Å²) in [6.07, 6.45) is 10.8. The largest absolute Gasteiger partial charge is 0.337 e. The molecular formula is C18H23BrN2S2. The van der Waals surface area contributed by atoms with Crippen LogP contribution in [0.15, 0.2) is 47.5 Å². The van der Waals surface area contributed by atoms with Crippen LogP contribution in [-0.4, -0.2) is 24.6 Å². The second kappa shape index (κ2) is 8.13. The van der Waals surface area contributed by atoms with E-state index in [4.69, 9.17) is 0 Å². The SMILES string of the molecule is CCC1CCSC(CCn2ccnc2)(Cc2ccc(Br)cc2)S1. The van der Waals surface area contributed by atoms with Crippen molar-refractivity contribution >= 4 is 39.5 Å². The van der Waals surface area contributed by atoms with Gasteiger partial charge in [0, 0.05) is 28.7 Å². The van der Waals surface area contributed by atoms with Crippen LogP contribution in [0.4, 0.5) is 0 Å². The predicted octanol–water partition coefficient (Wildman–Crippen LogP) is 5.62. The summed E-state index contributed by atoms with van der Waals surface area (Å²) < 4.78 is 3.65. The van der Waals surface area contributed by atoms with Gasteiger partial charge in [0.1, 0.15) is 0 Å². The Morgan fingerprint density at radius 1 is 1.35 bits per heavy atom. The first-order valence-electron chi connectivity index (χ1n) is 8.21. The van der Waals surface area contributed by atoms with Gasteiger partial charge in [-0.2, -0.15) is 0 Å². The molecule has 0 amide bonds. The molecule has 124 valence electrons. The summed E-state index contributed by atoms with van der Waals surface area (Å²) in [4.78, 5) is 4.18. The Hall–Kier alpha value is -0.390. The van der Waals surface area contributed by atoms with Crippen molar-refractivity contribution in [3.05, 3.63) is 53.0 Å². The summed E-state index contributed by atoms with van der Waals surface area (Å²) in [6.45, 7) is 3.38. The zero-order valence-electron chi connectivity index (χ0n) is 13.5. The first-order chi connectivity index (χ1) is 11.2. The van der Waals surface area contributed by atoms with Gasteiger partial charge < -0.3 is 4.57 Å². The molecule has 2 unspecified atom stereocenters. The van der Waals surface area contributed by atoms with Crippen LogP contribution in [0.5, 0.6) is 0 Å². The van der Waals surface area contributed by atoms with Gasteiger partial charge in [-0.1, -0.05) is 35.0 Å². The number of rotatable bonds is 6. The highest BCUT2D eigenvalue weighted by atomic mass is 79.9. The highest BCUT2D eigenvalue weighted by Crippen LogP contribution is 2.51. The van der Waals surface area contributed by atoms with Crippen molar-refractivity contribution in [3.8, 4) is 0 Å². The van der Waals surface area contributed by atoms with E-state index in [1.165, 1.54) is 30.6 Å². The molecule has 1 aliphatic heterocycles. The number of hydrogen-bond acceptors (Lipinski definition) is 3. The van der Waals surface area contributed by atoms with Crippen LogP contribution >= 0.6 is 39.5 Å². The van der Waals surface area contributed by atoms with Gasteiger partial charge in [-0.05, 0) is 49.1 Å². The summed E-state index contributed by atoms with van der Waals surface area (Å²) in [5, 5.41) is 0.800. The topological polar surface area (TPSA) is 17.8 Å². The average Bonchev–Trinajstić information content (AvgIpc) is 3.09. The summed E-state index contributed by atoms with van der Waals surface area (Å²) in [5.74, 6) is 1.28. The van der Waals surface area contributed by atoms with E-state index in [0.29, 0.717) is 0 Å². The highest BCUT2D eigenvalue weighted by Gasteiger charge is 2.37. The molecule has 2 atom stereocenters. The lowest BCUT2D eigenvalue weighted by molar-refractivity contribution is 0.586. The van der Waals surface area contributed by atoms with E-state index in [0.717, 1.165) is 22.7 Å². The Balaban J connectivity index is 1.75. The maximum absolute atomic E-state index is 4.18. The van der Waals surface area contributed by atoms with Crippen LogP contribution in [-0.2, 0) is 13.0 Å². The predicted molar refractivity (Wildman–Crippen MR) is 106 cm³/mol. The molecule has 0 aliphatic carbocycles. The maximum Gasteiger partial charge on any atom is 0.0945 e. The molecule has 1 aromatic carbocycles. The van der Waals surface area contributed by atoms with Gasteiger partial charge in [0.2, 0.25) is 0 Å². The summed E-state index contributed by atoms with van der Waals surface area (Å²) in [5.41, 5.74) is 1.44. The molecular weight excluding hydrogens is 388 g/mol. The standard InChI is InChI=1S/C18H23BrN2S2/c1-2-17-7-12-22-18(23-17,8-10-21-11-9-20-14-21)13-15-3-5-16(19)6-4-15/h3-6,9,11,14,17H,2,7-8,10,12-13H2,1H3. The first kappa shape index (κ1) is 17.4. The van der Waals surface area contributed by atoms with Crippen molar-refractivity contribution < 1.29 is 0 Å². The highest BCUT2D eigenvalue weighted by molar-refractivity contribution is 9.10. The molecule has 1 aromatic heterocycles. The lowest BCUT2D eigenvalue weighted by Gasteiger charge is -2.40. The Kier molecular flexibility index (Phi) is 6.16. The number of halogens is 1. The Bertz CT molecular complexity index is 600. The van der Waals surface area contributed by atoms with Crippen LogP contribution in [0.1, 0.15) is 31.7 Å². The van der Waals surface area contributed by atoms with E-state index < -0.39 is 0 Å². The molecule has 0 spiro atoms. The smallest absolute Gasteiger partial charge is 0.0945 e. The second-order valence-electron chi connectivity index (χ2n) is 6.05. The van der Waals surface area contributed by atoms with E-state index >= 15 is 0 Å². The third-order valence-electron chi connectivity index (χ3n) is 4.34. The minimum atomic E-state index is 0.289. The molecule has 0 radical (unpaired) electrons. The van der Waals surface area contributed by atoms with Crippen LogP contribution in [0, 0.1) is 0 Å². The van der Waals surface area contributed by atoms with Gasteiger partial charge in [0.25, 0.3) is 0 Å². The molecule has 0 N–H and O–H groups in total. The van der Waals surface area contributed by atoms with E-state index in [-0.39, 0.29) is 4.08 Å². The van der Waals surface area contributed by atoms with Gasteiger partial charge >= 0.3 is 0 Å². The zero-order valence-corrected chi connectivity index (χ0v) is 16.7. The number of hydrogen-bond donors (Lipinski definition) is 0. The maximum atomic E-state index is 4.18. The molecule has 3 rings (SSSR count). The molecule has 1 fully saturated rings. The molecule has 23 heavy (non-hydrogen) atoms. The third kappa shape index (κ3) is 4.80. The van der Waals surface area contributed by atoms with Crippen LogP contribution < -0.4 is 0 Å². The normalized spacial score (nSPS) is 24.7. The molecule has 2 nitrogen and oxygen atoms in total. The summed E-state index contributed by atoms with van der Waals surface area (Å²) in [6, 6.07) is 8.85. The first-order valence-corrected chi connectivity index (χ1v) is 10.9. The molecule has 0 saturated carbocycles. The minimum absolute atomic E-state index is 0.289. The van der Waals surface area contributed by atoms with Gasteiger partial charge in [0.05, 0.1) is 10.4 Å². The van der Waals surface area contributed by atoms with Crippen LogP contribution in [0.3, 0.4) is 0 Å². The third-order valence-corrected chi connectivity index (χ3v) is 8.50. The zero-order chi connectivity index (χ0) is 16.1. The number of aromatic nitrogens is 2. The minimum Gasteiger partial charge on any atom is -0.337 e. The van der Waals surface area contributed by atoms with Crippen molar-refractivity contribution in [2.24, 2.45) is 0 Å². The molecule has 2 aromatic rings. The van der Waals surface area contributed by atoms with Crippen LogP contribution in [0.25, 0.3) is 0 Å². The molecule has 5 heteroatoms. The fourth-order valence-corrected chi connectivity index (χ4v) is 7.10. The van der Waals surface area contributed by atoms with Gasteiger partial charge in [-0.15, -0.1) is 23.5 Å². The lowest BCUT2D eigenvalue weighted by Crippen LogP contribution is -2.32. The van der Waals surface area contributed by atoms with Crippen molar-refractivity contribution in [1.29, 1.82) is 0 Å². The Morgan fingerprint density at radius 3 is 2.87 bits per heavy atom. The van der Waals surface area contributed by atoms with Gasteiger partial charge in [0.15, 0.2) is 0 Å². The summed E-state index contributed by atoms with van der Waals surface area (Å²) in [7, 11) is 0. The lowest BCUT2D eigenvalue weighted by atomic mass is 10.1. The average molecular weight is 411 g/mol. The second-order valence-corrected chi connectivity index (χ2v) is 10.4. The van der Waals surface area contributed by atoms with E-state index in [1.807, 2.05) is 12.5 Å². The van der Waals surface area contributed by atoms with Crippen molar-refractivity contribution in [1.82, 2.24) is 9.55 Å². The van der Waals surface area contributed by atoms with Crippen LogP contribution in [0.2, 0.25) is 0 Å². The number of benzene rings is 1. The Labute approximate surface area is 156 Å². The van der Waals surface area contributed by atoms with Gasteiger partial charge in [-0.25, -0.2) is 4.98 Å². The molecule has 2 heterocycles. The van der Waals surface area contributed by atoms with E-state index in [2.05, 4.69) is 86.4 Å². The van der Waals surface area contributed by atoms with Gasteiger partial charge in [-0.3, -0.25) is 0 Å².